The molecule has 1 saturated heterocycles. The maximum atomic E-state index is 12.3. The summed E-state index contributed by atoms with van der Waals surface area (Å²) in [6, 6.07) is 6.23. The number of hydrogen-bond donors (Lipinski definition) is 0. The number of fused-ring (bicyclic) bond motifs is 1. The number of anilines is 1. The number of ether oxygens (including phenoxy) is 1. The fourth-order valence-electron chi connectivity index (χ4n) is 4.45. The largest absolute Gasteiger partial charge is 0.463 e. The van der Waals surface area contributed by atoms with Gasteiger partial charge < -0.3 is 9.64 Å². The van der Waals surface area contributed by atoms with Gasteiger partial charge >= 0.3 is 0 Å². The predicted molar refractivity (Wildman–Crippen MR) is 141 cm³/mol. The summed E-state index contributed by atoms with van der Waals surface area (Å²) < 4.78 is 33.5. The Kier molecular flexibility index (Phi) is 7.04. The lowest BCUT2D eigenvalue weighted by Crippen LogP contribution is -2.54. The summed E-state index contributed by atoms with van der Waals surface area (Å²) in [5.74, 6) is 0.962. The number of aromatic nitrogens is 3. The average Bonchev–Trinajstić information content (AvgIpc) is 3.24. The van der Waals surface area contributed by atoms with Gasteiger partial charge in [0.1, 0.15) is 6.10 Å². The van der Waals surface area contributed by atoms with Crippen molar-refractivity contribution in [2.45, 2.75) is 45.6 Å². The summed E-state index contributed by atoms with van der Waals surface area (Å²) in [5, 5.41) is 0.676. The number of benzene rings is 1. The van der Waals surface area contributed by atoms with E-state index in [0.29, 0.717) is 24.7 Å². The molecule has 186 valence electrons. The van der Waals surface area contributed by atoms with Crippen LogP contribution in [0.15, 0.2) is 36.7 Å². The molecule has 35 heavy (non-hydrogen) atoms. The van der Waals surface area contributed by atoms with Crippen LogP contribution in [0.5, 0.6) is 5.19 Å². The maximum Gasteiger partial charge on any atom is 0.274 e. The van der Waals surface area contributed by atoms with Crippen LogP contribution < -0.4 is 9.64 Å². The number of rotatable bonds is 9. The second-order valence-corrected chi connectivity index (χ2v) is 12.2. The molecule has 1 aromatic carbocycles. The van der Waals surface area contributed by atoms with Crippen molar-refractivity contribution in [2.24, 2.45) is 0 Å². The Hall–Kier alpha value is -2.56. The van der Waals surface area contributed by atoms with E-state index in [-0.39, 0.29) is 11.9 Å². The highest BCUT2D eigenvalue weighted by Gasteiger charge is 2.31. The van der Waals surface area contributed by atoms with Gasteiger partial charge in [-0.05, 0) is 48.1 Å². The molecule has 3 aromatic rings. The van der Waals surface area contributed by atoms with Gasteiger partial charge in [0, 0.05) is 25.5 Å². The van der Waals surface area contributed by atoms with Gasteiger partial charge in [0.15, 0.2) is 0 Å². The second-order valence-electron chi connectivity index (χ2n) is 9.10. The molecule has 2 aliphatic heterocycles. The van der Waals surface area contributed by atoms with Gasteiger partial charge in [0.2, 0.25) is 16.0 Å². The van der Waals surface area contributed by atoms with Gasteiger partial charge in [0.05, 0.1) is 29.1 Å². The lowest BCUT2D eigenvalue weighted by molar-refractivity contribution is 0.166. The van der Waals surface area contributed by atoms with Crippen molar-refractivity contribution >= 4 is 43.1 Å². The van der Waals surface area contributed by atoms with Crippen molar-refractivity contribution in [3.63, 3.8) is 0 Å². The topological polar surface area (TPSA) is 88.5 Å². The standard InChI is InChI=1S/C25H31N5O3S2/c1-3-5-18-14-26-24(27-15-18)29-16-21(17-29)33-25-28-22-7-6-20(13-23(22)34-25)19-8-10-30(11-9-19)35(31,32)12-4-2/h6-8,13-15,21H,3-5,9-12,16-17H2,1-2H3. The molecular weight excluding hydrogens is 482 g/mol. The van der Waals surface area contributed by atoms with Crippen molar-refractivity contribution < 1.29 is 13.2 Å². The molecule has 2 aromatic heterocycles. The van der Waals surface area contributed by atoms with Crippen molar-refractivity contribution in [2.75, 3.05) is 36.8 Å². The van der Waals surface area contributed by atoms with Crippen LogP contribution in [0.3, 0.4) is 0 Å². The Morgan fingerprint density at radius 2 is 1.94 bits per heavy atom. The second kappa shape index (κ2) is 10.2. The van der Waals surface area contributed by atoms with Crippen LogP contribution in [-0.2, 0) is 16.4 Å². The van der Waals surface area contributed by atoms with Gasteiger partial charge in [-0.2, -0.15) is 4.31 Å². The summed E-state index contributed by atoms with van der Waals surface area (Å²) in [7, 11) is -3.15. The summed E-state index contributed by atoms with van der Waals surface area (Å²) in [6.45, 7) is 6.52. The minimum absolute atomic E-state index is 0.0751. The quantitative estimate of drug-likeness (QED) is 0.425. The van der Waals surface area contributed by atoms with Gasteiger partial charge in [0.25, 0.3) is 5.19 Å². The molecule has 5 rings (SSSR count). The number of nitrogens with zero attached hydrogens (tertiary/aromatic N) is 5. The molecule has 8 nitrogen and oxygen atoms in total. The van der Waals surface area contributed by atoms with Crippen molar-refractivity contribution in [3.05, 3.63) is 47.8 Å². The molecule has 0 aliphatic carbocycles. The van der Waals surface area contributed by atoms with Crippen LogP contribution in [0, 0.1) is 0 Å². The Morgan fingerprint density at radius 3 is 2.63 bits per heavy atom. The maximum absolute atomic E-state index is 12.3. The molecule has 0 bridgehead atoms. The van der Waals surface area contributed by atoms with Crippen molar-refractivity contribution in [1.82, 2.24) is 19.3 Å². The van der Waals surface area contributed by atoms with E-state index in [0.717, 1.165) is 54.1 Å². The highest BCUT2D eigenvalue weighted by Crippen LogP contribution is 2.33. The van der Waals surface area contributed by atoms with E-state index in [2.05, 4.69) is 38.9 Å². The van der Waals surface area contributed by atoms with E-state index in [1.165, 1.54) is 11.1 Å². The zero-order valence-corrected chi connectivity index (χ0v) is 21.8. The summed E-state index contributed by atoms with van der Waals surface area (Å²) in [5.41, 5.74) is 4.40. The van der Waals surface area contributed by atoms with Crippen molar-refractivity contribution in [3.8, 4) is 5.19 Å². The molecule has 0 radical (unpaired) electrons. The average molecular weight is 514 g/mol. The molecule has 0 atom stereocenters. The molecule has 0 unspecified atom stereocenters. The van der Waals surface area contributed by atoms with E-state index in [4.69, 9.17) is 4.74 Å². The first kappa shape index (κ1) is 24.1. The minimum Gasteiger partial charge on any atom is -0.463 e. The number of hydrogen-bond acceptors (Lipinski definition) is 8. The van der Waals surface area contributed by atoms with E-state index >= 15 is 0 Å². The Balaban J connectivity index is 1.20. The first-order chi connectivity index (χ1) is 16.9. The third kappa shape index (κ3) is 5.34. The Bertz CT molecular complexity index is 1310. The zero-order chi connectivity index (χ0) is 24.4. The molecule has 0 amide bonds. The van der Waals surface area contributed by atoms with Gasteiger partial charge in [-0.1, -0.05) is 43.7 Å². The highest BCUT2D eigenvalue weighted by molar-refractivity contribution is 7.89. The Morgan fingerprint density at radius 1 is 1.14 bits per heavy atom. The first-order valence-electron chi connectivity index (χ1n) is 12.3. The number of thiazole rings is 1. The van der Waals surface area contributed by atoms with Gasteiger partial charge in [-0.25, -0.2) is 23.4 Å². The van der Waals surface area contributed by atoms with E-state index in [9.17, 15) is 8.42 Å². The summed E-state index contributed by atoms with van der Waals surface area (Å²) in [6.07, 6.45) is 9.38. The van der Waals surface area contributed by atoms with Crippen molar-refractivity contribution in [1.29, 1.82) is 0 Å². The van der Waals surface area contributed by atoms with E-state index in [1.54, 1.807) is 15.6 Å². The molecule has 0 spiro atoms. The smallest absolute Gasteiger partial charge is 0.274 e. The van der Waals surface area contributed by atoms with Crippen LogP contribution in [0.4, 0.5) is 5.95 Å². The monoisotopic (exact) mass is 513 g/mol. The predicted octanol–water partition coefficient (Wildman–Crippen LogP) is 4.14. The molecule has 2 aliphatic rings. The molecule has 0 saturated carbocycles. The molecule has 4 heterocycles. The minimum atomic E-state index is -3.15. The Labute approximate surface area is 210 Å². The van der Waals surface area contributed by atoms with Crippen LogP contribution in [0.25, 0.3) is 15.8 Å². The third-order valence-electron chi connectivity index (χ3n) is 6.40. The van der Waals surface area contributed by atoms with Crippen LogP contribution in [0.2, 0.25) is 0 Å². The van der Waals surface area contributed by atoms with E-state index in [1.807, 2.05) is 31.5 Å². The van der Waals surface area contributed by atoms with Crippen LogP contribution in [-0.4, -0.2) is 65.7 Å². The van der Waals surface area contributed by atoms with Gasteiger partial charge in [-0.3, -0.25) is 0 Å². The summed E-state index contributed by atoms with van der Waals surface area (Å²) in [4.78, 5) is 15.7. The number of sulfonamides is 1. The molecule has 1 fully saturated rings. The van der Waals surface area contributed by atoms with E-state index < -0.39 is 10.0 Å². The normalized spacial score (nSPS) is 17.4. The lowest BCUT2D eigenvalue weighted by atomic mass is 10.0. The van der Waals surface area contributed by atoms with Crippen LogP contribution in [0.1, 0.15) is 44.2 Å². The fraction of sp³-hybridized carbons (Fsp3) is 0.480. The third-order valence-corrected chi connectivity index (χ3v) is 9.35. The highest BCUT2D eigenvalue weighted by atomic mass is 32.2. The first-order valence-corrected chi connectivity index (χ1v) is 14.7. The van der Waals surface area contributed by atoms with Gasteiger partial charge in [-0.15, -0.1) is 0 Å². The number of aryl methyl sites for hydroxylation is 1. The SMILES string of the molecule is CCCc1cnc(N2CC(Oc3nc4ccc(C5=CCN(S(=O)(=O)CCC)CC5)cc4s3)C2)nc1. The zero-order valence-electron chi connectivity index (χ0n) is 20.2. The molecule has 10 heteroatoms. The summed E-state index contributed by atoms with van der Waals surface area (Å²) >= 11 is 1.55. The fourth-order valence-corrected chi connectivity index (χ4v) is 6.82. The molecular formula is C25H31N5O3S2. The molecule has 0 N–H and O–H groups in total. The van der Waals surface area contributed by atoms with Crippen LogP contribution >= 0.6 is 11.3 Å². The lowest BCUT2D eigenvalue weighted by Gasteiger charge is -2.38.